The van der Waals surface area contributed by atoms with Crippen LogP contribution in [0.3, 0.4) is 0 Å². The van der Waals surface area contributed by atoms with Gasteiger partial charge in [0.25, 0.3) is 0 Å². The quantitative estimate of drug-likeness (QED) is 0.772. The van der Waals surface area contributed by atoms with Crippen molar-refractivity contribution in [2.45, 2.75) is 12.5 Å². The zero-order valence-electron chi connectivity index (χ0n) is 13.5. The second-order valence-corrected chi connectivity index (χ2v) is 5.23. The highest BCUT2D eigenvalue weighted by atomic mass is 35.5. The fraction of sp³-hybridized carbons (Fsp3) is 0.562. The number of amides is 1. The number of hydrogen-bond donors (Lipinski definition) is 2. The molecule has 1 heterocycles. The van der Waals surface area contributed by atoms with Crippen molar-refractivity contribution in [3.8, 4) is 0 Å². The molecule has 132 valence electrons. The molecule has 0 spiro atoms. The largest absolute Gasteiger partial charge is 0.379 e. The van der Waals surface area contributed by atoms with E-state index in [1.165, 1.54) is 5.56 Å². The summed E-state index contributed by atoms with van der Waals surface area (Å²) in [5.74, 6) is 0.0959. The van der Waals surface area contributed by atoms with E-state index in [0.717, 1.165) is 26.3 Å². The molecule has 1 atom stereocenters. The summed E-state index contributed by atoms with van der Waals surface area (Å²) in [5, 5.41) is 6.05. The first-order valence-electron chi connectivity index (χ1n) is 7.59. The summed E-state index contributed by atoms with van der Waals surface area (Å²) < 4.78 is 5.43. The van der Waals surface area contributed by atoms with E-state index < -0.39 is 0 Å². The number of benzene rings is 1. The molecule has 23 heavy (non-hydrogen) atoms. The Morgan fingerprint density at radius 3 is 2.48 bits per heavy atom. The number of hydrogen-bond acceptors (Lipinski definition) is 4. The highest BCUT2D eigenvalue weighted by Crippen LogP contribution is 2.20. The number of rotatable bonds is 7. The van der Waals surface area contributed by atoms with Crippen LogP contribution in [0.25, 0.3) is 0 Å². The Kier molecular flexibility index (Phi) is 12.1. The SMILES string of the molecule is CNCCC(=O)NCC(c1ccccc1)N1CCOCC1.Cl.Cl. The molecule has 5 nitrogen and oxygen atoms in total. The molecule has 1 unspecified atom stereocenters. The van der Waals surface area contributed by atoms with E-state index in [-0.39, 0.29) is 36.8 Å². The molecule has 1 aromatic rings. The molecule has 0 aliphatic carbocycles. The van der Waals surface area contributed by atoms with Crippen LogP contribution in [-0.4, -0.2) is 57.2 Å². The van der Waals surface area contributed by atoms with Gasteiger partial charge in [0.15, 0.2) is 0 Å². The van der Waals surface area contributed by atoms with Crippen molar-refractivity contribution < 1.29 is 9.53 Å². The third-order valence-corrected chi connectivity index (χ3v) is 3.77. The summed E-state index contributed by atoms with van der Waals surface area (Å²) >= 11 is 0. The lowest BCUT2D eigenvalue weighted by molar-refractivity contribution is -0.121. The number of carbonyl (C=O) groups is 1. The van der Waals surface area contributed by atoms with E-state index in [4.69, 9.17) is 4.74 Å². The predicted octanol–water partition coefficient (Wildman–Crippen LogP) is 1.63. The molecule has 2 rings (SSSR count). The van der Waals surface area contributed by atoms with Gasteiger partial charge in [0.1, 0.15) is 0 Å². The molecule has 1 aliphatic rings. The van der Waals surface area contributed by atoms with Gasteiger partial charge in [-0.25, -0.2) is 0 Å². The molecule has 0 bridgehead atoms. The van der Waals surface area contributed by atoms with Gasteiger partial charge in [-0.1, -0.05) is 30.3 Å². The van der Waals surface area contributed by atoms with Gasteiger partial charge in [-0.05, 0) is 12.6 Å². The van der Waals surface area contributed by atoms with E-state index in [1.807, 2.05) is 25.2 Å². The number of nitrogens with zero attached hydrogens (tertiary/aromatic N) is 1. The minimum atomic E-state index is 0. The van der Waals surface area contributed by atoms with Crippen LogP contribution in [0.5, 0.6) is 0 Å². The van der Waals surface area contributed by atoms with Gasteiger partial charge in [0.2, 0.25) is 5.91 Å². The minimum absolute atomic E-state index is 0. The molecule has 0 saturated carbocycles. The van der Waals surface area contributed by atoms with Gasteiger partial charge in [-0.15, -0.1) is 24.8 Å². The third-order valence-electron chi connectivity index (χ3n) is 3.77. The Bertz CT molecular complexity index is 429. The van der Waals surface area contributed by atoms with Crippen molar-refractivity contribution in [3.05, 3.63) is 35.9 Å². The second-order valence-electron chi connectivity index (χ2n) is 5.23. The first-order chi connectivity index (χ1) is 10.3. The monoisotopic (exact) mass is 363 g/mol. The van der Waals surface area contributed by atoms with Gasteiger partial charge in [0, 0.05) is 32.6 Å². The predicted molar refractivity (Wildman–Crippen MR) is 97.6 cm³/mol. The Morgan fingerprint density at radius 1 is 1.22 bits per heavy atom. The Balaban J connectivity index is 0.00000242. The Morgan fingerprint density at radius 2 is 1.87 bits per heavy atom. The lowest BCUT2D eigenvalue weighted by atomic mass is 10.0. The van der Waals surface area contributed by atoms with E-state index in [2.05, 4.69) is 27.7 Å². The molecule has 1 fully saturated rings. The fourth-order valence-corrected chi connectivity index (χ4v) is 2.56. The maximum Gasteiger partial charge on any atom is 0.221 e. The minimum Gasteiger partial charge on any atom is -0.379 e. The maximum absolute atomic E-state index is 11.8. The molecule has 2 N–H and O–H groups in total. The van der Waals surface area contributed by atoms with E-state index in [1.54, 1.807) is 0 Å². The molecular weight excluding hydrogens is 337 g/mol. The van der Waals surface area contributed by atoms with Crippen molar-refractivity contribution >= 4 is 30.7 Å². The lowest BCUT2D eigenvalue weighted by Crippen LogP contribution is -2.44. The molecule has 1 amide bonds. The smallest absolute Gasteiger partial charge is 0.221 e. The maximum atomic E-state index is 11.8. The Hall–Kier alpha value is -0.850. The number of ether oxygens (including phenoxy) is 1. The van der Waals surface area contributed by atoms with Crippen molar-refractivity contribution in [3.63, 3.8) is 0 Å². The highest BCUT2D eigenvalue weighted by Gasteiger charge is 2.22. The molecule has 7 heteroatoms. The van der Waals surface area contributed by atoms with Crippen LogP contribution < -0.4 is 10.6 Å². The van der Waals surface area contributed by atoms with Crippen LogP contribution in [0.15, 0.2) is 30.3 Å². The molecule has 0 radical (unpaired) electrons. The topological polar surface area (TPSA) is 53.6 Å². The van der Waals surface area contributed by atoms with Crippen LogP contribution in [0.4, 0.5) is 0 Å². The lowest BCUT2D eigenvalue weighted by Gasteiger charge is -2.35. The summed E-state index contributed by atoms with van der Waals surface area (Å²) in [6.07, 6.45) is 0.515. The van der Waals surface area contributed by atoms with E-state index in [0.29, 0.717) is 19.5 Å². The summed E-state index contributed by atoms with van der Waals surface area (Å²) in [4.78, 5) is 14.2. The summed E-state index contributed by atoms with van der Waals surface area (Å²) in [6.45, 7) is 4.69. The Labute approximate surface area is 151 Å². The summed E-state index contributed by atoms with van der Waals surface area (Å²) in [5.41, 5.74) is 1.24. The zero-order chi connectivity index (χ0) is 14.9. The first kappa shape index (κ1) is 22.1. The average Bonchev–Trinajstić information content (AvgIpc) is 2.55. The fourth-order valence-electron chi connectivity index (χ4n) is 2.56. The van der Waals surface area contributed by atoms with Gasteiger partial charge in [0.05, 0.1) is 19.3 Å². The van der Waals surface area contributed by atoms with Crippen molar-refractivity contribution in [1.29, 1.82) is 0 Å². The van der Waals surface area contributed by atoms with Crippen LogP contribution >= 0.6 is 24.8 Å². The van der Waals surface area contributed by atoms with Crippen LogP contribution in [0, 0.1) is 0 Å². The van der Waals surface area contributed by atoms with Crippen LogP contribution in [-0.2, 0) is 9.53 Å². The van der Waals surface area contributed by atoms with Crippen molar-refractivity contribution in [2.75, 3.05) is 46.4 Å². The van der Waals surface area contributed by atoms with Gasteiger partial charge < -0.3 is 15.4 Å². The normalized spacial score (nSPS) is 15.9. The summed E-state index contributed by atoms with van der Waals surface area (Å²) in [7, 11) is 1.85. The molecule has 1 aromatic carbocycles. The number of morpholine rings is 1. The third kappa shape index (κ3) is 7.50. The number of carbonyl (C=O) groups excluding carboxylic acids is 1. The molecular formula is C16H27Cl2N3O2. The molecule has 0 aromatic heterocycles. The highest BCUT2D eigenvalue weighted by molar-refractivity contribution is 5.85. The van der Waals surface area contributed by atoms with Crippen molar-refractivity contribution in [1.82, 2.24) is 15.5 Å². The van der Waals surface area contributed by atoms with Gasteiger partial charge >= 0.3 is 0 Å². The molecule has 1 aliphatic heterocycles. The van der Waals surface area contributed by atoms with Crippen molar-refractivity contribution in [2.24, 2.45) is 0 Å². The number of halogens is 2. The van der Waals surface area contributed by atoms with Crippen LogP contribution in [0.2, 0.25) is 0 Å². The van der Waals surface area contributed by atoms with Crippen LogP contribution in [0.1, 0.15) is 18.0 Å². The second kappa shape index (κ2) is 12.6. The standard InChI is InChI=1S/C16H25N3O2.2ClH/c1-17-8-7-16(20)18-13-15(14-5-3-2-4-6-14)19-9-11-21-12-10-19;;/h2-6,15,17H,7-13H2,1H3,(H,18,20);2*1H. The van der Waals surface area contributed by atoms with Gasteiger partial charge in [-0.3, -0.25) is 9.69 Å². The average molecular weight is 364 g/mol. The first-order valence-corrected chi connectivity index (χ1v) is 7.59. The number of nitrogens with one attached hydrogen (secondary N) is 2. The van der Waals surface area contributed by atoms with E-state index >= 15 is 0 Å². The zero-order valence-corrected chi connectivity index (χ0v) is 15.1. The summed E-state index contributed by atoms with van der Waals surface area (Å²) in [6, 6.07) is 10.6. The van der Waals surface area contributed by atoms with Gasteiger partial charge in [-0.2, -0.15) is 0 Å². The van der Waals surface area contributed by atoms with E-state index in [9.17, 15) is 4.79 Å². The molecule has 1 saturated heterocycles.